The van der Waals surface area contributed by atoms with Crippen LogP contribution in [0.4, 0.5) is 0 Å². The van der Waals surface area contributed by atoms with Crippen LogP contribution < -0.4 is 5.32 Å². The molecule has 0 spiro atoms. The topological polar surface area (TPSA) is 49.4 Å². The average Bonchev–Trinajstić information content (AvgIpc) is 3.09. The van der Waals surface area contributed by atoms with Gasteiger partial charge >= 0.3 is 0 Å². The molecule has 1 atom stereocenters. The molecule has 5 heteroatoms. The van der Waals surface area contributed by atoms with Crippen molar-refractivity contribution in [2.45, 2.75) is 57.4 Å². The van der Waals surface area contributed by atoms with Crippen LogP contribution in [0.25, 0.3) is 0 Å². The highest BCUT2D eigenvalue weighted by Crippen LogP contribution is 2.37. The van der Waals surface area contributed by atoms with Crippen molar-refractivity contribution in [3.63, 3.8) is 0 Å². The monoisotopic (exact) mass is 288 g/mol. The summed E-state index contributed by atoms with van der Waals surface area (Å²) in [6.07, 6.45) is 2.61. The fourth-order valence-corrected chi connectivity index (χ4v) is 3.82. The summed E-state index contributed by atoms with van der Waals surface area (Å²) < 4.78 is 24.0. The van der Waals surface area contributed by atoms with Crippen LogP contribution in [0.3, 0.4) is 0 Å². The summed E-state index contributed by atoms with van der Waals surface area (Å²) in [6.45, 7) is 10.6. The van der Waals surface area contributed by atoms with Crippen LogP contribution in [-0.4, -0.2) is 55.5 Å². The maximum absolute atomic E-state index is 12.0. The summed E-state index contributed by atoms with van der Waals surface area (Å²) >= 11 is 0. The molecular formula is C14H28N2O2S. The van der Waals surface area contributed by atoms with Gasteiger partial charge in [0.25, 0.3) is 0 Å². The first-order chi connectivity index (χ1) is 8.71. The van der Waals surface area contributed by atoms with Crippen LogP contribution in [0.5, 0.6) is 0 Å². The Morgan fingerprint density at radius 3 is 2.47 bits per heavy atom. The van der Waals surface area contributed by atoms with Crippen molar-refractivity contribution in [3.05, 3.63) is 0 Å². The fourth-order valence-electron chi connectivity index (χ4n) is 2.86. The molecular weight excluding hydrogens is 260 g/mol. The largest absolute Gasteiger partial charge is 0.309 e. The van der Waals surface area contributed by atoms with Gasteiger partial charge in [-0.05, 0) is 46.5 Å². The van der Waals surface area contributed by atoms with Crippen LogP contribution in [0.1, 0.15) is 40.5 Å². The molecule has 1 unspecified atom stereocenters. The second-order valence-electron chi connectivity index (χ2n) is 7.06. The van der Waals surface area contributed by atoms with E-state index in [2.05, 4.69) is 24.1 Å². The summed E-state index contributed by atoms with van der Waals surface area (Å²) in [5.41, 5.74) is 0.0903. The number of sulfone groups is 1. The predicted octanol–water partition coefficient (Wildman–Crippen LogP) is 1.27. The quantitative estimate of drug-likeness (QED) is 0.828. The van der Waals surface area contributed by atoms with Gasteiger partial charge in [0.1, 0.15) is 0 Å². The van der Waals surface area contributed by atoms with Gasteiger partial charge in [-0.25, -0.2) is 8.42 Å². The molecule has 2 aliphatic rings. The minimum Gasteiger partial charge on any atom is -0.309 e. The molecule has 1 aliphatic heterocycles. The van der Waals surface area contributed by atoms with Gasteiger partial charge in [0.15, 0.2) is 9.84 Å². The van der Waals surface area contributed by atoms with Crippen molar-refractivity contribution in [1.29, 1.82) is 0 Å². The Morgan fingerprint density at radius 1 is 1.32 bits per heavy atom. The van der Waals surface area contributed by atoms with Crippen molar-refractivity contribution < 1.29 is 8.42 Å². The van der Waals surface area contributed by atoms with Gasteiger partial charge in [-0.15, -0.1) is 0 Å². The summed E-state index contributed by atoms with van der Waals surface area (Å²) in [5, 5.41) is 3.33. The van der Waals surface area contributed by atoms with Gasteiger partial charge in [0.2, 0.25) is 0 Å². The maximum atomic E-state index is 12.0. The summed E-state index contributed by atoms with van der Waals surface area (Å²) in [4.78, 5) is 2.41. The van der Waals surface area contributed by atoms with Crippen molar-refractivity contribution in [2.24, 2.45) is 5.92 Å². The molecule has 0 radical (unpaired) electrons. The Morgan fingerprint density at radius 2 is 1.95 bits per heavy atom. The number of hydrogen-bond donors (Lipinski definition) is 1. The van der Waals surface area contributed by atoms with Gasteiger partial charge in [-0.3, -0.25) is 4.90 Å². The Kier molecular flexibility index (Phi) is 4.29. The Hall–Kier alpha value is -0.130. The lowest BCUT2D eigenvalue weighted by Crippen LogP contribution is -2.62. The van der Waals surface area contributed by atoms with Crippen molar-refractivity contribution in [3.8, 4) is 0 Å². The molecule has 0 aromatic carbocycles. The molecule has 2 fully saturated rings. The van der Waals surface area contributed by atoms with Crippen LogP contribution in [0.15, 0.2) is 0 Å². The van der Waals surface area contributed by atoms with Gasteiger partial charge < -0.3 is 5.32 Å². The van der Waals surface area contributed by atoms with E-state index in [1.54, 1.807) is 13.8 Å². The summed E-state index contributed by atoms with van der Waals surface area (Å²) in [5.74, 6) is 1.08. The number of rotatable bonds is 5. The Balaban J connectivity index is 1.98. The van der Waals surface area contributed by atoms with Crippen LogP contribution in [0, 0.1) is 5.92 Å². The van der Waals surface area contributed by atoms with Gasteiger partial charge in [-0.1, -0.05) is 0 Å². The third-order valence-electron chi connectivity index (χ3n) is 4.40. The molecule has 0 bridgehead atoms. The Labute approximate surface area is 117 Å². The summed E-state index contributed by atoms with van der Waals surface area (Å²) in [6, 6.07) is 0.537. The lowest BCUT2D eigenvalue weighted by molar-refractivity contribution is 0.0889. The van der Waals surface area contributed by atoms with Crippen LogP contribution in [0.2, 0.25) is 0 Å². The molecule has 1 N–H and O–H groups in total. The number of nitrogens with zero attached hydrogens (tertiary/aromatic N) is 1. The molecule has 4 nitrogen and oxygen atoms in total. The third kappa shape index (κ3) is 3.92. The molecule has 19 heavy (non-hydrogen) atoms. The second-order valence-corrected chi connectivity index (χ2v) is 9.73. The number of hydrogen-bond acceptors (Lipinski definition) is 4. The molecule has 2 rings (SSSR count). The van der Waals surface area contributed by atoms with Gasteiger partial charge in [-0.2, -0.15) is 0 Å². The van der Waals surface area contributed by atoms with E-state index in [1.807, 2.05) is 0 Å². The summed E-state index contributed by atoms with van der Waals surface area (Å²) in [7, 11) is -2.93. The van der Waals surface area contributed by atoms with Crippen molar-refractivity contribution in [1.82, 2.24) is 10.2 Å². The minimum absolute atomic E-state index is 0.0903. The second kappa shape index (κ2) is 5.34. The van der Waals surface area contributed by atoms with E-state index in [0.717, 1.165) is 19.0 Å². The lowest BCUT2D eigenvalue weighted by atomic mass is 9.97. The van der Waals surface area contributed by atoms with E-state index in [9.17, 15) is 8.42 Å². The molecule has 1 heterocycles. The zero-order chi connectivity index (χ0) is 14.3. The van der Waals surface area contributed by atoms with Crippen molar-refractivity contribution >= 4 is 9.84 Å². The SMILES string of the molecule is CC(C)S(=O)(=O)CCN1CC(C)(C)NCC1C1CC1. The molecule has 112 valence electrons. The molecule has 0 aromatic rings. The predicted molar refractivity (Wildman–Crippen MR) is 79.1 cm³/mol. The average molecular weight is 288 g/mol. The lowest BCUT2D eigenvalue weighted by Gasteiger charge is -2.45. The first-order valence-electron chi connectivity index (χ1n) is 7.42. The maximum Gasteiger partial charge on any atom is 0.153 e. The normalized spacial score (nSPS) is 28.8. The van der Waals surface area contributed by atoms with E-state index in [4.69, 9.17) is 0 Å². The van der Waals surface area contributed by atoms with E-state index < -0.39 is 9.84 Å². The number of piperazine rings is 1. The van der Waals surface area contributed by atoms with Gasteiger partial charge in [0, 0.05) is 31.2 Å². The highest BCUT2D eigenvalue weighted by molar-refractivity contribution is 7.92. The van der Waals surface area contributed by atoms with Crippen molar-refractivity contribution in [2.75, 3.05) is 25.4 Å². The van der Waals surface area contributed by atoms with Gasteiger partial charge in [0.05, 0.1) is 11.0 Å². The van der Waals surface area contributed by atoms with E-state index in [-0.39, 0.29) is 10.8 Å². The molecule has 0 amide bonds. The van der Waals surface area contributed by atoms with E-state index >= 15 is 0 Å². The third-order valence-corrected chi connectivity index (χ3v) is 6.59. The fraction of sp³-hybridized carbons (Fsp3) is 1.00. The first kappa shape index (κ1) is 15.3. The first-order valence-corrected chi connectivity index (χ1v) is 9.13. The highest BCUT2D eigenvalue weighted by Gasteiger charge is 2.41. The van der Waals surface area contributed by atoms with E-state index in [1.165, 1.54) is 12.8 Å². The standard InChI is InChI=1S/C14H28N2O2S/c1-11(2)19(17,18)8-7-16-10-14(3,4)15-9-13(16)12-5-6-12/h11-13,15H,5-10H2,1-4H3. The highest BCUT2D eigenvalue weighted by atomic mass is 32.2. The van der Waals surface area contributed by atoms with E-state index in [0.29, 0.717) is 18.3 Å². The molecule has 1 saturated heterocycles. The minimum atomic E-state index is -2.93. The molecule has 1 aliphatic carbocycles. The zero-order valence-corrected chi connectivity index (χ0v) is 13.5. The Bertz CT molecular complexity index is 413. The molecule has 1 saturated carbocycles. The molecule has 0 aromatic heterocycles. The van der Waals surface area contributed by atoms with Crippen LogP contribution in [-0.2, 0) is 9.84 Å². The van der Waals surface area contributed by atoms with Crippen LogP contribution >= 0.6 is 0 Å². The number of nitrogens with one attached hydrogen (secondary N) is 1. The zero-order valence-electron chi connectivity index (χ0n) is 12.6. The smallest absolute Gasteiger partial charge is 0.153 e.